The average molecular weight is 489 g/mol. The van der Waals surface area contributed by atoms with E-state index in [1.165, 1.54) is 0 Å². The van der Waals surface area contributed by atoms with E-state index in [1.54, 1.807) is 36.3 Å². The van der Waals surface area contributed by atoms with E-state index in [9.17, 15) is 4.79 Å². The van der Waals surface area contributed by atoms with Crippen molar-refractivity contribution < 1.29 is 9.53 Å². The number of nitrogens with zero attached hydrogens (tertiary/aromatic N) is 4. The van der Waals surface area contributed by atoms with Crippen LogP contribution in [-0.2, 0) is 4.79 Å². The van der Waals surface area contributed by atoms with Crippen LogP contribution in [0.5, 0.6) is 5.75 Å². The number of allylic oxidation sites excluding steroid dienone is 1. The van der Waals surface area contributed by atoms with Crippen LogP contribution in [0.3, 0.4) is 0 Å². The van der Waals surface area contributed by atoms with Gasteiger partial charge in [0.25, 0.3) is 5.91 Å². The Morgan fingerprint density at radius 1 is 1.00 bits per heavy atom. The Morgan fingerprint density at radius 3 is 2.59 bits per heavy atom. The Labute approximate surface area is 213 Å². The molecule has 8 heteroatoms. The molecule has 1 aliphatic rings. The van der Waals surface area contributed by atoms with Crippen LogP contribution in [0, 0.1) is 0 Å². The number of fused-ring (bicyclic) bond motifs is 2. The zero-order chi connectivity index (χ0) is 25.4. The first-order valence-corrected chi connectivity index (χ1v) is 11.9. The topological polar surface area (TPSA) is 94.0 Å². The fraction of sp³-hybridized carbons (Fsp3) is 0.103. The molecule has 3 heterocycles. The lowest BCUT2D eigenvalue weighted by Crippen LogP contribution is -2.31. The number of rotatable bonds is 5. The molecule has 1 unspecified atom stereocenters. The van der Waals surface area contributed by atoms with Crippen molar-refractivity contribution >= 4 is 28.3 Å². The molecule has 0 aliphatic carbocycles. The molecule has 0 bridgehead atoms. The summed E-state index contributed by atoms with van der Waals surface area (Å²) in [7, 11) is 1.63. The van der Waals surface area contributed by atoms with Crippen LogP contribution in [0.15, 0.2) is 103 Å². The van der Waals surface area contributed by atoms with Gasteiger partial charge < -0.3 is 15.4 Å². The number of carbonyl (C=O) groups is 1. The van der Waals surface area contributed by atoms with Gasteiger partial charge in [0, 0.05) is 17.5 Å². The molecule has 3 aromatic carbocycles. The van der Waals surface area contributed by atoms with Crippen molar-refractivity contribution in [1.29, 1.82) is 0 Å². The Kier molecular flexibility index (Phi) is 5.61. The molecule has 1 amide bonds. The predicted molar refractivity (Wildman–Crippen MR) is 143 cm³/mol. The predicted octanol–water partition coefficient (Wildman–Crippen LogP) is 5.43. The maximum absolute atomic E-state index is 13.6. The molecule has 0 fully saturated rings. The van der Waals surface area contributed by atoms with Crippen LogP contribution in [0.4, 0.5) is 11.6 Å². The molecule has 1 aliphatic heterocycles. The molecule has 37 heavy (non-hydrogen) atoms. The second kappa shape index (κ2) is 9.23. The summed E-state index contributed by atoms with van der Waals surface area (Å²) < 4.78 is 7.14. The smallest absolute Gasteiger partial charge is 0.255 e. The number of anilines is 2. The van der Waals surface area contributed by atoms with Crippen molar-refractivity contribution in [3.63, 3.8) is 0 Å². The first-order chi connectivity index (χ1) is 18.1. The van der Waals surface area contributed by atoms with Crippen LogP contribution in [0.1, 0.15) is 18.5 Å². The van der Waals surface area contributed by atoms with Crippen LogP contribution >= 0.6 is 0 Å². The number of ether oxygens (including phenoxy) is 1. The average Bonchev–Trinajstić information content (AvgIpc) is 3.36. The molecule has 0 spiro atoms. The van der Waals surface area contributed by atoms with Gasteiger partial charge in [0.1, 0.15) is 11.8 Å². The van der Waals surface area contributed by atoms with Gasteiger partial charge in [0.15, 0.2) is 5.82 Å². The number of pyridine rings is 1. The Bertz CT molecular complexity index is 1640. The van der Waals surface area contributed by atoms with Gasteiger partial charge in [-0.15, -0.1) is 5.10 Å². The Morgan fingerprint density at radius 2 is 1.81 bits per heavy atom. The molecular formula is C29H24N6O2. The van der Waals surface area contributed by atoms with Crippen molar-refractivity contribution in [2.24, 2.45) is 0 Å². The minimum Gasteiger partial charge on any atom is -0.497 e. The van der Waals surface area contributed by atoms with Gasteiger partial charge in [0.2, 0.25) is 5.95 Å². The minimum atomic E-state index is -0.505. The molecular weight excluding hydrogens is 464 g/mol. The maximum atomic E-state index is 13.6. The summed E-state index contributed by atoms with van der Waals surface area (Å²) in [6.07, 6.45) is 3.28. The molecule has 5 aromatic rings. The van der Waals surface area contributed by atoms with E-state index in [2.05, 4.69) is 33.8 Å². The van der Waals surface area contributed by atoms with Gasteiger partial charge in [-0.2, -0.15) is 4.98 Å². The quantitative estimate of drug-likeness (QED) is 0.343. The summed E-state index contributed by atoms with van der Waals surface area (Å²) in [5.74, 6) is 1.64. The zero-order valence-electron chi connectivity index (χ0n) is 20.3. The van der Waals surface area contributed by atoms with Gasteiger partial charge in [-0.1, -0.05) is 54.6 Å². The summed E-state index contributed by atoms with van der Waals surface area (Å²) in [6, 6.07) is 25.0. The van der Waals surface area contributed by atoms with Crippen LogP contribution < -0.4 is 15.4 Å². The van der Waals surface area contributed by atoms with Crippen LogP contribution in [0.25, 0.3) is 22.2 Å². The monoisotopic (exact) mass is 488 g/mol. The van der Waals surface area contributed by atoms with Gasteiger partial charge in [-0.3, -0.25) is 9.78 Å². The number of methoxy groups -OCH3 is 1. The lowest BCUT2D eigenvalue weighted by molar-refractivity contribution is -0.113. The summed E-state index contributed by atoms with van der Waals surface area (Å²) in [5.41, 5.74) is 3.66. The van der Waals surface area contributed by atoms with Crippen molar-refractivity contribution in [2.45, 2.75) is 13.0 Å². The molecule has 182 valence electrons. The Balaban J connectivity index is 1.48. The van der Waals surface area contributed by atoms with E-state index in [4.69, 9.17) is 14.8 Å². The number of hydrogen-bond acceptors (Lipinski definition) is 6. The zero-order valence-corrected chi connectivity index (χ0v) is 20.3. The standard InChI is InChI=1S/C29H24N6O2/c1-18-25(28(36)32-21-9-6-16-30-17-21)26(20-12-14-22(37-2)15-13-20)35-29(31-18)33-27(34-35)24-11-5-8-19-7-3-4-10-23(19)24/h3-17,26H,1-2H3,(H,32,36)(H,31,33,34). The summed E-state index contributed by atoms with van der Waals surface area (Å²) >= 11 is 0. The first kappa shape index (κ1) is 22.5. The highest BCUT2D eigenvalue weighted by atomic mass is 16.5. The van der Waals surface area contributed by atoms with E-state index in [0.717, 1.165) is 27.6 Å². The third-order valence-electron chi connectivity index (χ3n) is 6.48. The normalized spacial score (nSPS) is 14.7. The summed E-state index contributed by atoms with van der Waals surface area (Å²) in [4.78, 5) is 22.6. The van der Waals surface area contributed by atoms with E-state index >= 15 is 0 Å². The van der Waals surface area contributed by atoms with Crippen molar-refractivity contribution in [3.05, 3.63) is 108 Å². The van der Waals surface area contributed by atoms with E-state index < -0.39 is 6.04 Å². The minimum absolute atomic E-state index is 0.244. The molecule has 0 radical (unpaired) electrons. The third kappa shape index (κ3) is 4.08. The number of hydrogen-bond donors (Lipinski definition) is 2. The molecule has 0 saturated carbocycles. The van der Waals surface area contributed by atoms with Gasteiger partial charge >= 0.3 is 0 Å². The first-order valence-electron chi connectivity index (χ1n) is 11.9. The number of carbonyl (C=O) groups excluding carboxylic acids is 1. The SMILES string of the molecule is COc1ccc(C2C(C(=O)Nc3cccnc3)=C(C)Nc3nc(-c4cccc5ccccc45)nn32)cc1. The highest BCUT2D eigenvalue weighted by molar-refractivity contribution is 6.06. The Hall–Kier alpha value is -4.98. The summed E-state index contributed by atoms with van der Waals surface area (Å²) in [5, 5.41) is 13.4. The fourth-order valence-electron chi connectivity index (χ4n) is 4.71. The van der Waals surface area contributed by atoms with Crippen molar-refractivity contribution in [3.8, 4) is 17.1 Å². The molecule has 2 aromatic heterocycles. The van der Waals surface area contributed by atoms with Crippen LogP contribution in [0.2, 0.25) is 0 Å². The second-order valence-electron chi connectivity index (χ2n) is 8.77. The second-order valence-corrected chi connectivity index (χ2v) is 8.77. The van der Waals surface area contributed by atoms with Gasteiger partial charge in [0.05, 0.1) is 24.6 Å². The number of benzene rings is 3. The van der Waals surface area contributed by atoms with Gasteiger partial charge in [-0.05, 0) is 47.5 Å². The molecule has 0 saturated heterocycles. The van der Waals surface area contributed by atoms with E-state index in [0.29, 0.717) is 28.7 Å². The lowest BCUT2D eigenvalue weighted by atomic mass is 9.95. The number of amides is 1. The third-order valence-corrected chi connectivity index (χ3v) is 6.48. The van der Waals surface area contributed by atoms with Crippen molar-refractivity contribution in [2.75, 3.05) is 17.7 Å². The molecule has 6 rings (SSSR count). The van der Waals surface area contributed by atoms with Crippen LogP contribution in [-0.4, -0.2) is 32.8 Å². The highest BCUT2D eigenvalue weighted by Crippen LogP contribution is 2.38. The number of aromatic nitrogens is 4. The van der Waals surface area contributed by atoms with E-state index in [1.807, 2.05) is 55.5 Å². The van der Waals surface area contributed by atoms with Crippen molar-refractivity contribution in [1.82, 2.24) is 19.7 Å². The maximum Gasteiger partial charge on any atom is 0.255 e. The molecule has 1 atom stereocenters. The molecule has 2 N–H and O–H groups in total. The largest absolute Gasteiger partial charge is 0.497 e. The number of nitrogens with one attached hydrogen (secondary N) is 2. The highest BCUT2D eigenvalue weighted by Gasteiger charge is 2.34. The summed E-state index contributed by atoms with van der Waals surface area (Å²) in [6.45, 7) is 1.88. The fourth-order valence-corrected chi connectivity index (χ4v) is 4.71. The molecule has 8 nitrogen and oxygen atoms in total. The lowest BCUT2D eigenvalue weighted by Gasteiger charge is -2.28. The van der Waals surface area contributed by atoms with E-state index in [-0.39, 0.29) is 5.91 Å². The van der Waals surface area contributed by atoms with Gasteiger partial charge in [-0.25, -0.2) is 4.68 Å².